The molecule has 1 aromatic heterocycles. The number of carbonyl (C=O) groups is 2. The van der Waals surface area contributed by atoms with Crippen LogP contribution in [0.3, 0.4) is 0 Å². The number of hydrogen-bond donors (Lipinski definition) is 1. The first-order valence-corrected chi connectivity index (χ1v) is 10.2. The fourth-order valence-corrected chi connectivity index (χ4v) is 4.77. The van der Waals surface area contributed by atoms with E-state index in [0.717, 1.165) is 11.4 Å². The Bertz CT molecular complexity index is 910. The summed E-state index contributed by atoms with van der Waals surface area (Å²) in [6.07, 6.45) is 0.392. The minimum absolute atomic E-state index is 0.00442. The van der Waals surface area contributed by atoms with Crippen LogP contribution in [0.15, 0.2) is 36.4 Å². The second-order valence-corrected chi connectivity index (χ2v) is 8.44. The second-order valence-electron chi connectivity index (χ2n) is 8.44. The third-order valence-corrected chi connectivity index (χ3v) is 6.38. The molecule has 2 amide bonds. The van der Waals surface area contributed by atoms with E-state index in [4.69, 9.17) is 0 Å². The van der Waals surface area contributed by atoms with Crippen molar-refractivity contribution in [1.82, 2.24) is 19.6 Å². The highest BCUT2D eigenvalue weighted by Crippen LogP contribution is 2.42. The summed E-state index contributed by atoms with van der Waals surface area (Å²) in [6.45, 7) is 6.64. The highest BCUT2D eigenvalue weighted by Gasteiger charge is 2.54. The number of likely N-dealkylation sites (tertiary alicyclic amines) is 2. The van der Waals surface area contributed by atoms with E-state index in [9.17, 15) is 14.7 Å². The Morgan fingerprint density at radius 2 is 1.83 bits per heavy atom. The Labute approximate surface area is 170 Å². The van der Waals surface area contributed by atoms with Gasteiger partial charge in [-0.25, -0.2) is 0 Å². The molecule has 154 valence electrons. The van der Waals surface area contributed by atoms with E-state index in [1.807, 2.05) is 64.7 Å². The lowest BCUT2D eigenvalue weighted by atomic mass is 9.82. The molecule has 29 heavy (non-hydrogen) atoms. The van der Waals surface area contributed by atoms with Crippen LogP contribution in [0.1, 0.15) is 28.2 Å². The molecule has 3 heterocycles. The van der Waals surface area contributed by atoms with Gasteiger partial charge in [0.25, 0.3) is 5.91 Å². The first-order valence-electron chi connectivity index (χ1n) is 10.2. The zero-order chi connectivity index (χ0) is 20.6. The number of carbonyl (C=O) groups excluding carboxylic acids is 2. The molecule has 0 saturated carbocycles. The Hall–Kier alpha value is -2.67. The predicted molar refractivity (Wildman–Crippen MR) is 108 cm³/mol. The summed E-state index contributed by atoms with van der Waals surface area (Å²) in [5.41, 5.74) is 2.25. The summed E-state index contributed by atoms with van der Waals surface area (Å²) < 4.78 is 1.87. The van der Waals surface area contributed by atoms with Gasteiger partial charge < -0.3 is 14.9 Å². The number of fused-ring (bicyclic) bond motifs is 1. The van der Waals surface area contributed by atoms with Gasteiger partial charge >= 0.3 is 0 Å². The number of rotatable bonds is 5. The zero-order valence-electron chi connectivity index (χ0n) is 17.0. The van der Waals surface area contributed by atoms with Crippen molar-refractivity contribution < 1.29 is 14.7 Å². The van der Waals surface area contributed by atoms with Crippen molar-refractivity contribution in [3.8, 4) is 0 Å². The van der Waals surface area contributed by atoms with Crippen LogP contribution < -0.4 is 0 Å². The third-order valence-electron chi connectivity index (χ3n) is 6.38. The zero-order valence-corrected chi connectivity index (χ0v) is 17.0. The molecule has 0 spiro atoms. The van der Waals surface area contributed by atoms with Crippen molar-refractivity contribution >= 4 is 11.8 Å². The predicted octanol–water partition coefficient (Wildman–Crippen LogP) is 1.48. The second kappa shape index (κ2) is 7.63. The molecular formula is C22H28N4O3. The standard InChI is InChI=1S/C22H28N4O3/c1-16-10-17(2)26(23-16)9-8-20(28)24-11-19-12-25(14-22(19,13-24)15-27)21(29)18-6-4-3-5-7-18/h3-7,10,19,27H,8-9,11-15H2,1-2H3/t19-,22+/m0/s1. The van der Waals surface area contributed by atoms with Crippen LogP contribution in [-0.2, 0) is 11.3 Å². The Morgan fingerprint density at radius 3 is 2.45 bits per heavy atom. The van der Waals surface area contributed by atoms with Gasteiger partial charge in [0.1, 0.15) is 0 Å². The third kappa shape index (κ3) is 3.67. The van der Waals surface area contributed by atoms with Crippen molar-refractivity contribution in [2.75, 3.05) is 32.8 Å². The molecule has 2 atom stereocenters. The molecular weight excluding hydrogens is 368 g/mol. The fourth-order valence-electron chi connectivity index (χ4n) is 4.77. The number of hydrogen-bond acceptors (Lipinski definition) is 4. The van der Waals surface area contributed by atoms with Crippen molar-refractivity contribution in [1.29, 1.82) is 0 Å². The van der Waals surface area contributed by atoms with Gasteiger partial charge in [0.15, 0.2) is 0 Å². The fraction of sp³-hybridized carbons (Fsp3) is 0.500. The molecule has 0 bridgehead atoms. The number of aromatic nitrogens is 2. The van der Waals surface area contributed by atoms with Crippen LogP contribution in [0, 0.1) is 25.2 Å². The molecule has 0 aliphatic carbocycles. The number of aliphatic hydroxyl groups excluding tert-OH is 1. The van der Waals surface area contributed by atoms with Gasteiger partial charge in [0.2, 0.25) is 5.91 Å². The normalized spacial score (nSPS) is 23.5. The summed E-state index contributed by atoms with van der Waals surface area (Å²) >= 11 is 0. The first-order chi connectivity index (χ1) is 13.9. The van der Waals surface area contributed by atoms with Gasteiger partial charge in [-0.3, -0.25) is 14.3 Å². The summed E-state index contributed by atoms with van der Waals surface area (Å²) in [5, 5.41) is 14.6. The number of aliphatic hydroxyl groups is 1. The van der Waals surface area contributed by atoms with E-state index >= 15 is 0 Å². The quantitative estimate of drug-likeness (QED) is 0.830. The van der Waals surface area contributed by atoms with Gasteiger partial charge in [-0.2, -0.15) is 5.10 Å². The summed E-state index contributed by atoms with van der Waals surface area (Å²) in [6, 6.07) is 11.2. The minimum Gasteiger partial charge on any atom is -0.396 e. The van der Waals surface area contributed by atoms with Crippen LogP contribution in [0.4, 0.5) is 0 Å². The number of aryl methyl sites for hydroxylation is 3. The molecule has 1 N–H and O–H groups in total. The highest BCUT2D eigenvalue weighted by molar-refractivity contribution is 5.94. The van der Waals surface area contributed by atoms with Crippen LogP contribution in [0.5, 0.6) is 0 Å². The van der Waals surface area contributed by atoms with Crippen LogP contribution in [0.25, 0.3) is 0 Å². The molecule has 2 aromatic rings. The number of amides is 2. The lowest BCUT2D eigenvalue weighted by Gasteiger charge is -2.27. The van der Waals surface area contributed by atoms with E-state index in [2.05, 4.69) is 5.10 Å². The Balaban J connectivity index is 1.38. The average Bonchev–Trinajstić information content (AvgIpc) is 3.36. The van der Waals surface area contributed by atoms with E-state index in [1.54, 1.807) is 0 Å². The topological polar surface area (TPSA) is 78.7 Å². The Morgan fingerprint density at radius 1 is 1.14 bits per heavy atom. The summed E-state index contributed by atoms with van der Waals surface area (Å²) in [5.74, 6) is 0.189. The van der Waals surface area contributed by atoms with Gasteiger partial charge in [0.05, 0.1) is 12.3 Å². The lowest BCUT2D eigenvalue weighted by Crippen LogP contribution is -2.40. The van der Waals surface area contributed by atoms with Gasteiger partial charge in [-0.1, -0.05) is 18.2 Å². The van der Waals surface area contributed by atoms with Crippen molar-refractivity contribution in [2.24, 2.45) is 11.3 Å². The molecule has 2 saturated heterocycles. The molecule has 1 aromatic carbocycles. The molecule has 7 heteroatoms. The van der Waals surface area contributed by atoms with Crippen LogP contribution in [0.2, 0.25) is 0 Å². The highest BCUT2D eigenvalue weighted by atomic mass is 16.3. The maximum absolute atomic E-state index is 12.8. The maximum atomic E-state index is 12.8. The first kappa shape index (κ1) is 19.6. The summed E-state index contributed by atoms with van der Waals surface area (Å²) in [4.78, 5) is 29.3. The van der Waals surface area contributed by atoms with Crippen molar-refractivity contribution in [3.05, 3.63) is 53.3 Å². The average molecular weight is 396 g/mol. The SMILES string of the molecule is Cc1cc(C)n(CCC(=O)N2C[C@H]3CN(C(=O)c4ccccc4)C[C@@]3(CO)C2)n1. The monoisotopic (exact) mass is 396 g/mol. The lowest BCUT2D eigenvalue weighted by molar-refractivity contribution is -0.131. The van der Waals surface area contributed by atoms with Gasteiger partial charge in [-0.15, -0.1) is 0 Å². The van der Waals surface area contributed by atoms with Crippen molar-refractivity contribution in [3.63, 3.8) is 0 Å². The summed E-state index contributed by atoms with van der Waals surface area (Å²) in [7, 11) is 0. The van der Waals surface area contributed by atoms with Gasteiger partial charge in [0, 0.05) is 61.7 Å². The number of nitrogens with zero attached hydrogens (tertiary/aromatic N) is 4. The van der Waals surface area contributed by atoms with E-state index in [1.165, 1.54) is 0 Å². The minimum atomic E-state index is -0.418. The van der Waals surface area contributed by atoms with E-state index in [0.29, 0.717) is 44.7 Å². The Kier molecular flexibility index (Phi) is 5.17. The molecule has 2 fully saturated rings. The maximum Gasteiger partial charge on any atom is 0.253 e. The van der Waals surface area contributed by atoms with Gasteiger partial charge in [-0.05, 0) is 32.0 Å². The molecule has 2 aliphatic rings. The molecule has 0 unspecified atom stereocenters. The van der Waals surface area contributed by atoms with E-state index in [-0.39, 0.29) is 24.3 Å². The smallest absolute Gasteiger partial charge is 0.253 e. The van der Waals surface area contributed by atoms with Crippen molar-refractivity contribution in [2.45, 2.75) is 26.8 Å². The largest absolute Gasteiger partial charge is 0.396 e. The molecule has 2 aliphatic heterocycles. The molecule has 0 radical (unpaired) electrons. The molecule has 4 rings (SSSR count). The molecule has 7 nitrogen and oxygen atoms in total. The van der Waals surface area contributed by atoms with Crippen LogP contribution in [-0.4, -0.2) is 69.3 Å². The van der Waals surface area contributed by atoms with E-state index < -0.39 is 5.41 Å². The van der Waals surface area contributed by atoms with Crippen LogP contribution >= 0.6 is 0 Å². The number of benzene rings is 1.